The third-order valence-electron chi connectivity index (χ3n) is 5.10. The van der Waals surface area contributed by atoms with E-state index in [1.165, 1.54) is 0 Å². The summed E-state index contributed by atoms with van der Waals surface area (Å²) in [5.74, 6) is 0.804. The zero-order valence-electron chi connectivity index (χ0n) is 17.4. The Morgan fingerprint density at radius 3 is 2.16 bits per heavy atom. The van der Waals surface area contributed by atoms with E-state index in [-0.39, 0.29) is 5.78 Å². The van der Waals surface area contributed by atoms with Crippen molar-refractivity contribution in [3.05, 3.63) is 108 Å². The first-order chi connectivity index (χ1) is 15.2. The van der Waals surface area contributed by atoms with Gasteiger partial charge in [0.25, 0.3) is 0 Å². The molecule has 0 radical (unpaired) electrons. The number of rotatable bonds is 7. The summed E-state index contributed by atoms with van der Waals surface area (Å²) in [5.41, 5.74) is 5.21. The molecule has 4 heteroatoms. The third-order valence-corrected chi connectivity index (χ3v) is 5.10. The molecule has 1 aliphatic heterocycles. The molecule has 0 unspecified atom stereocenters. The third kappa shape index (κ3) is 5.37. The molecule has 3 aromatic rings. The Kier molecular flexibility index (Phi) is 6.38. The Hall–Kier alpha value is -3.92. The number of benzene rings is 3. The van der Waals surface area contributed by atoms with E-state index in [2.05, 4.69) is 0 Å². The van der Waals surface area contributed by atoms with Crippen molar-refractivity contribution in [2.45, 2.75) is 6.42 Å². The lowest BCUT2D eigenvalue weighted by atomic mass is 10.1. The van der Waals surface area contributed by atoms with Gasteiger partial charge in [0.2, 0.25) is 0 Å². The van der Waals surface area contributed by atoms with Gasteiger partial charge < -0.3 is 4.74 Å². The lowest BCUT2D eigenvalue weighted by Crippen LogP contribution is -2.11. The smallest absolute Gasteiger partial charge is 0.178 e. The first kappa shape index (κ1) is 20.4. The predicted octanol–water partition coefficient (Wildman–Crippen LogP) is 5.61. The summed E-state index contributed by atoms with van der Waals surface area (Å²) in [4.78, 5) is 12.1. The number of ketones is 1. The number of anilines is 1. The normalized spacial score (nSPS) is 13.7. The average molecular weight is 409 g/mol. The number of hydrogen-bond acceptors (Lipinski definition) is 4. The minimum atomic E-state index is -0.0406. The maximum Gasteiger partial charge on any atom is 0.178 e. The Labute approximate surface area is 182 Å². The summed E-state index contributed by atoms with van der Waals surface area (Å²) in [5, 5.41) is 6.78. The summed E-state index contributed by atoms with van der Waals surface area (Å²) in [6.45, 7) is 0.847. The largest absolute Gasteiger partial charge is 0.497 e. The van der Waals surface area contributed by atoms with E-state index in [4.69, 9.17) is 9.84 Å². The van der Waals surface area contributed by atoms with Crippen LogP contribution in [-0.2, 0) is 4.79 Å². The van der Waals surface area contributed by atoms with Gasteiger partial charge in [0.1, 0.15) is 5.75 Å². The fourth-order valence-corrected chi connectivity index (χ4v) is 3.36. The van der Waals surface area contributed by atoms with Gasteiger partial charge in [-0.25, -0.2) is 0 Å². The summed E-state index contributed by atoms with van der Waals surface area (Å²) >= 11 is 0. The fourth-order valence-electron chi connectivity index (χ4n) is 3.36. The fraction of sp³-hybridized carbons (Fsp3) is 0.111. The predicted molar refractivity (Wildman–Crippen MR) is 127 cm³/mol. The number of methoxy groups -OCH3 is 1. The summed E-state index contributed by atoms with van der Waals surface area (Å²) in [7, 11) is 1.67. The van der Waals surface area contributed by atoms with Gasteiger partial charge in [0.05, 0.1) is 18.5 Å². The number of nitrogens with zero attached hydrogens (tertiary/aromatic N) is 2. The molecule has 0 atom stereocenters. The molecule has 1 heterocycles. The molecule has 0 fully saturated rings. The van der Waals surface area contributed by atoms with Crippen LogP contribution in [0.5, 0.6) is 5.75 Å². The van der Waals surface area contributed by atoms with Crippen molar-refractivity contribution in [1.29, 1.82) is 0 Å². The van der Waals surface area contributed by atoms with E-state index in [0.717, 1.165) is 46.8 Å². The van der Waals surface area contributed by atoms with Crippen LogP contribution in [-0.4, -0.2) is 25.1 Å². The van der Waals surface area contributed by atoms with Crippen LogP contribution in [0.15, 0.2) is 96.1 Å². The number of hydrogen-bond donors (Lipinski definition) is 0. The number of hydrazone groups is 1. The summed E-state index contributed by atoms with van der Waals surface area (Å²) in [6.07, 6.45) is 7.72. The standard InChI is InChI=1S/C27H24N2O2/c1-31-26-17-11-23(12-18-26)27-19-20-29(28-27)24-13-7-22(8-14-24)10-16-25(30)15-9-21-5-3-2-4-6-21/h2-18H,19-20H2,1H3. The maximum absolute atomic E-state index is 12.1. The van der Waals surface area contributed by atoms with Crippen molar-refractivity contribution in [2.24, 2.45) is 5.10 Å². The van der Waals surface area contributed by atoms with Crippen LogP contribution < -0.4 is 9.75 Å². The lowest BCUT2D eigenvalue weighted by Gasteiger charge is -2.13. The molecule has 4 rings (SSSR count). The van der Waals surface area contributed by atoms with Crippen LogP contribution in [0, 0.1) is 0 Å². The molecular formula is C27H24N2O2. The Morgan fingerprint density at radius 2 is 1.52 bits per heavy atom. The zero-order chi connectivity index (χ0) is 21.5. The lowest BCUT2D eigenvalue weighted by molar-refractivity contribution is -0.110. The van der Waals surface area contributed by atoms with Gasteiger partial charge in [-0.1, -0.05) is 54.6 Å². The van der Waals surface area contributed by atoms with Crippen molar-refractivity contribution < 1.29 is 9.53 Å². The second-order valence-electron chi connectivity index (χ2n) is 7.22. The van der Waals surface area contributed by atoms with Gasteiger partial charge in [-0.15, -0.1) is 0 Å². The molecule has 0 aromatic heterocycles. The molecule has 0 amide bonds. The minimum absolute atomic E-state index is 0.0406. The second-order valence-corrected chi connectivity index (χ2v) is 7.22. The summed E-state index contributed by atoms with van der Waals surface area (Å²) < 4.78 is 5.22. The zero-order valence-corrected chi connectivity index (χ0v) is 17.4. The van der Waals surface area contributed by atoms with Crippen molar-refractivity contribution in [3.8, 4) is 5.75 Å². The van der Waals surface area contributed by atoms with Crippen molar-refractivity contribution in [1.82, 2.24) is 0 Å². The number of ether oxygens (including phenoxy) is 1. The highest BCUT2D eigenvalue weighted by Gasteiger charge is 2.17. The van der Waals surface area contributed by atoms with Gasteiger partial charge >= 0.3 is 0 Å². The summed E-state index contributed by atoms with van der Waals surface area (Å²) in [6, 6.07) is 25.8. The Bertz CT molecular complexity index is 1110. The van der Waals surface area contributed by atoms with Crippen LogP contribution in [0.4, 0.5) is 5.69 Å². The highest BCUT2D eigenvalue weighted by molar-refractivity contribution is 6.04. The first-order valence-corrected chi connectivity index (χ1v) is 10.3. The highest BCUT2D eigenvalue weighted by atomic mass is 16.5. The van der Waals surface area contributed by atoms with Crippen LogP contribution in [0.2, 0.25) is 0 Å². The second kappa shape index (κ2) is 9.72. The molecule has 1 aliphatic rings. The molecule has 4 nitrogen and oxygen atoms in total. The SMILES string of the molecule is COc1ccc(C2=NN(c3ccc(C=CC(=O)C=Cc4ccccc4)cc3)CC2)cc1. The molecule has 0 saturated carbocycles. The van der Waals surface area contributed by atoms with Gasteiger partial charge in [0, 0.05) is 13.0 Å². The van der Waals surface area contributed by atoms with Gasteiger partial charge in [-0.05, 0) is 65.2 Å². The molecular weight excluding hydrogens is 384 g/mol. The van der Waals surface area contributed by atoms with Gasteiger partial charge in [-0.2, -0.15) is 5.10 Å². The van der Waals surface area contributed by atoms with Crippen molar-refractivity contribution in [2.75, 3.05) is 18.7 Å². The number of allylic oxidation sites excluding steroid dienone is 2. The molecule has 0 N–H and O–H groups in total. The topological polar surface area (TPSA) is 41.9 Å². The minimum Gasteiger partial charge on any atom is -0.497 e. The monoisotopic (exact) mass is 408 g/mol. The highest BCUT2D eigenvalue weighted by Crippen LogP contribution is 2.23. The number of carbonyl (C=O) groups excluding carboxylic acids is 1. The van der Waals surface area contributed by atoms with Gasteiger partial charge in [-0.3, -0.25) is 9.80 Å². The average Bonchev–Trinajstić information content (AvgIpc) is 3.33. The number of carbonyl (C=O) groups is 1. The molecule has 31 heavy (non-hydrogen) atoms. The molecule has 0 spiro atoms. The molecule has 0 bridgehead atoms. The van der Waals surface area contributed by atoms with Crippen LogP contribution in [0.1, 0.15) is 23.1 Å². The Balaban J connectivity index is 1.37. The van der Waals surface area contributed by atoms with Crippen LogP contribution in [0.25, 0.3) is 12.2 Å². The maximum atomic E-state index is 12.1. The van der Waals surface area contributed by atoms with Gasteiger partial charge in [0.15, 0.2) is 5.78 Å². The van der Waals surface area contributed by atoms with Crippen LogP contribution >= 0.6 is 0 Å². The first-order valence-electron chi connectivity index (χ1n) is 10.3. The molecule has 3 aromatic carbocycles. The van der Waals surface area contributed by atoms with E-state index in [0.29, 0.717) is 0 Å². The van der Waals surface area contributed by atoms with E-state index >= 15 is 0 Å². The quantitative estimate of drug-likeness (QED) is 0.478. The molecule has 0 saturated heterocycles. The van der Waals surface area contributed by atoms with Crippen LogP contribution in [0.3, 0.4) is 0 Å². The van der Waals surface area contributed by atoms with Crippen molar-refractivity contribution in [3.63, 3.8) is 0 Å². The molecule has 0 aliphatic carbocycles. The van der Waals surface area contributed by atoms with E-state index in [1.54, 1.807) is 19.3 Å². The Morgan fingerprint density at radius 1 is 0.871 bits per heavy atom. The van der Waals surface area contributed by atoms with Crippen molar-refractivity contribution >= 4 is 29.3 Å². The van der Waals surface area contributed by atoms with E-state index < -0.39 is 0 Å². The van der Waals surface area contributed by atoms with E-state index in [9.17, 15) is 4.79 Å². The van der Waals surface area contributed by atoms with E-state index in [1.807, 2.05) is 96.0 Å². The molecule has 154 valence electrons.